The van der Waals surface area contributed by atoms with E-state index in [1.165, 1.54) is 33.6 Å². The molecule has 410 valence electrons. The maximum atomic E-state index is 13.5. The van der Waals surface area contributed by atoms with Gasteiger partial charge in [-0.3, -0.25) is 33.6 Å². The summed E-state index contributed by atoms with van der Waals surface area (Å²) in [6.45, 7) is 7.48. The van der Waals surface area contributed by atoms with Gasteiger partial charge in [0.15, 0.2) is 0 Å². The van der Waals surface area contributed by atoms with E-state index in [4.69, 9.17) is 18.9 Å². The van der Waals surface area contributed by atoms with Crippen LogP contribution in [0.2, 0.25) is 0 Å². The summed E-state index contributed by atoms with van der Waals surface area (Å²) in [4.78, 5) is 115. The fourth-order valence-corrected chi connectivity index (χ4v) is 14.5. The summed E-state index contributed by atoms with van der Waals surface area (Å²) in [6.07, 6.45) is 2.49. The highest BCUT2D eigenvalue weighted by Crippen LogP contribution is 2.56. The average molecular weight is 1100 g/mol. The molecule has 0 saturated carbocycles. The maximum Gasteiger partial charge on any atom is 0.328 e. The molecule has 0 aliphatic heterocycles. The highest BCUT2D eigenvalue weighted by Gasteiger charge is 2.44. The number of benzene rings is 3. The Hall–Kier alpha value is -6.02. The molecule has 0 bridgehead atoms. The van der Waals surface area contributed by atoms with Gasteiger partial charge in [-0.15, -0.1) is 0 Å². The summed E-state index contributed by atoms with van der Waals surface area (Å²) in [5.74, 6) is -5.21. The standard InChI is InChI=1S/C53H73N6O13PS2/c1-6-69-48(63)34-55-50(65)44(36-74-75-37-45(51(66)56-35-49(64)70-7-2)59-47(62)31-30-43(57-38(5)60)53(68)72-9-4)54-32-21-28-42(52(67)71-8-3)58-46(61)29-19-20-33-73(39-22-13-10-14-23-39,40-24-15-11-16-25-40)41-26-17-12-18-27-41/h10-18,22-27,42-45,54H,6-9,19-21,28-37H2,1-5H3,(H4-,55,56,57,58,59,60,61,62,65,66)/p+1/t42-,43-,44-,45-/m0/s1. The molecule has 5 amide bonds. The summed E-state index contributed by atoms with van der Waals surface area (Å²) in [5, 5.41) is 19.9. The van der Waals surface area contributed by atoms with Crippen LogP contribution in [-0.2, 0) is 62.1 Å². The summed E-state index contributed by atoms with van der Waals surface area (Å²) in [7, 11) is 0.231. The Morgan fingerprint density at radius 2 is 0.920 bits per heavy atom. The molecule has 3 aromatic carbocycles. The van der Waals surface area contributed by atoms with Gasteiger partial charge >= 0.3 is 23.9 Å². The molecule has 3 aromatic rings. The molecule has 0 aromatic heterocycles. The summed E-state index contributed by atoms with van der Waals surface area (Å²) in [5.41, 5.74) is 0. The first-order chi connectivity index (χ1) is 36.2. The molecular formula is C53H74N6O13PS2+. The van der Waals surface area contributed by atoms with Crippen LogP contribution in [-0.4, -0.2) is 141 Å². The molecule has 0 aliphatic rings. The summed E-state index contributed by atoms with van der Waals surface area (Å²) >= 11 is 0. The number of amides is 5. The number of hydrogen-bond donors (Lipinski definition) is 6. The zero-order chi connectivity index (χ0) is 54.9. The second-order valence-corrected chi connectivity index (χ2v) is 23.0. The third-order valence-corrected chi connectivity index (χ3v) is 18.2. The lowest BCUT2D eigenvalue weighted by molar-refractivity contribution is -0.148. The van der Waals surface area contributed by atoms with Crippen LogP contribution >= 0.6 is 28.9 Å². The van der Waals surface area contributed by atoms with Gasteiger partial charge in [-0.05, 0) is 103 Å². The number of rotatable bonds is 36. The highest BCUT2D eigenvalue weighted by molar-refractivity contribution is 8.76. The molecule has 0 unspecified atom stereocenters. The highest BCUT2D eigenvalue weighted by atomic mass is 33.1. The Kier molecular flexibility index (Phi) is 30.4. The van der Waals surface area contributed by atoms with Crippen LogP contribution in [0.3, 0.4) is 0 Å². The number of unbranched alkanes of at least 4 members (excludes halogenated alkanes) is 1. The van der Waals surface area contributed by atoms with Crippen molar-refractivity contribution in [3.05, 3.63) is 91.0 Å². The molecule has 0 spiro atoms. The first-order valence-corrected chi connectivity index (χ1v) is 29.7. The van der Waals surface area contributed by atoms with Gasteiger partial charge in [0.05, 0.1) is 38.6 Å². The first kappa shape index (κ1) is 63.3. The van der Waals surface area contributed by atoms with Crippen molar-refractivity contribution in [2.24, 2.45) is 0 Å². The number of nitrogens with one attached hydrogen (secondary N) is 6. The molecule has 22 heteroatoms. The number of ether oxygens (including phenoxy) is 4. The second-order valence-electron chi connectivity index (χ2n) is 16.8. The lowest BCUT2D eigenvalue weighted by Crippen LogP contribution is -2.50. The first-order valence-electron chi connectivity index (χ1n) is 25.3. The average Bonchev–Trinajstić information content (AvgIpc) is 3.40. The van der Waals surface area contributed by atoms with E-state index in [0.717, 1.165) is 23.4 Å². The van der Waals surface area contributed by atoms with Gasteiger partial charge in [0.25, 0.3) is 0 Å². The molecular weight excluding hydrogens is 1020 g/mol. The molecule has 0 saturated heterocycles. The van der Waals surface area contributed by atoms with Crippen molar-refractivity contribution < 1.29 is 62.1 Å². The van der Waals surface area contributed by atoms with Crippen LogP contribution in [0.1, 0.15) is 79.6 Å². The van der Waals surface area contributed by atoms with E-state index in [9.17, 15) is 43.2 Å². The van der Waals surface area contributed by atoms with E-state index in [0.29, 0.717) is 12.8 Å². The molecule has 0 heterocycles. The molecule has 4 atom stereocenters. The van der Waals surface area contributed by atoms with Crippen molar-refractivity contribution in [1.82, 2.24) is 31.9 Å². The fourth-order valence-electron chi connectivity index (χ4n) is 7.77. The van der Waals surface area contributed by atoms with Crippen molar-refractivity contribution >= 4 is 98.2 Å². The monoisotopic (exact) mass is 1100 g/mol. The van der Waals surface area contributed by atoms with Gasteiger partial charge in [-0.25, -0.2) is 9.59 Å². The van der Waals surface area contributed by atoms with Crippen molar-refractivity contribution in [1.29, 1.82) is 0 Å². The van der Waals surface area contributed by atoms with Crippen LogP contribution in [0.5, 0.6) is 0 Å². The van der Waals surface area contributed by atoms with Gasteiger partial charge in [0, 0.05) is 31.3 Å². The predicted octanol–water partition coefficient (Wildman–Crippen LogP) is 3.01. The van der Waals surface area contributed by atoms with E-state index in [2.05, 4.69) is 105 Å². The van der Waals surface area contributed by atoms with E-state index >= 15 is 0 Å². The minimum absolute atomic E-state index is 0.0361. The lowest BCUT2D eigenvalue weighted by atomic mass is 10.1. The van der Waals surface area contributed by atoms with Gasteiger partial charge < -0.3 is 50.8 Å². The Bertz CT molecular complexity index is 2170. The van der Waals surface area contributed by atoms with E-state index in [1.54, 1.807) is 27.7 Å². The van der Waals surface area contributed by atoms with E-state index in [1.807, 2.05) is 18.2 Å². The van der Waals surface area contributed by atoms with Crippen molar-refractivity contribution in [3.8, 4) is 0 Å². The van der Waals surface area contributed by atoms with Crippen LogP contribution in [0, 0.1) is 0 Å². The Morgan fingerprint density at radius 3 is 1.39 bits per heavy atom. The number of carbonyl (C=O) groups excluding carboxylic acids is 9. The Balaban J connectivity index is 1.66. The molecule has 6 N–H and O–H groups in total. The summed E-state index contributed by atoms with van der Waals surface area (Å²) < 4.78 is 20.2. The van der Waals surface area contributed by atoms with Gasteiger partial charge in [0.1, 0.15) is 54.4 Å². The lowest BCUT2D eigenvalue weighted by Gasteiger charge is -2.27. The van der Waals surface area contributed by atoms with Gasteiger partial charge in [-0.1, -0.05) is 76.2 Å². The predicted molar refractivity (Wildman–Crippen MR) is 293 cm³/mol. The minimum Gasteiger partial charge on any atom is -0.465 e. The molecule has 0 radical (unpaired) electrons. The molecule has 0 fully saturated rings. The molecule has 3 rings (SSSR count). The zero-order valence-electron chi connectivity index (χ0n) is 43.6. The van der Waals surface area contributed by atoms with Gasteiger partial charge in [0.2, 0.25) is 29.5 Å². The number of esters is 4. The summed E-state index contributed by atoms with van der Waals surface area (Å²) in [6, 6.07) is 27.4. The number of carbonyl (C=O) groups is 9. The van der Waals surface area contributed by atoms with Crippen molar-refractivity contribution in [2.75, 3.05) is 63.7 Å². The van der Waals surface area contributed by atoms with Crippen molar-refractivity contribution in [2.45, 2.75) is 104 Å². The van der Waals surface area contributed by atoms with Crippen LogP contribution < -0.4 is 47.8 Å². The molecule has 19 nitrogen and oxygen atoms in total. The van der Waals surface area contributed by atoms with Crippen LogP contribution in [0.25, 0.3) is 0 Å². The van der Waals surface area contributed by atoms with E-state index in [-0.39, 0.29) is 82.6 Å². The SMILES string of the molecule is CCOC(=O)CNC(=O)[C@H](CSSC[C@H](NC(=O)CC[C@H](NC(C)=O)C(=O)OCC)C(=O)NCC(=O)OCC)NCCC[C@H](NC(=O)CCCC[P+](c1ccccc1)(c1ccccc1)c1ccccc1)C(=O)OCC. The van der Waals surface area contributed by atoms with Crippen LogP contribution in [0.15, 0.2) is 91.0 Å². The quantitative estimate of drug-likeness (QED) is 0.0161. The largest absolute Gasteiger partial charge is 0.465 e. The maximum absolute atomic E-state index is 13.5. The van der Waals surface area contributed by atoms with Crippen molar-refractivity contribution in [3.63, 3.8) is 0 Å². The number of hydrogen-bond acceptors (Lipinski definition) is 16. The second kappa shape index (κ2) is 36.0. The zero-order valence-corrected chi connectivity index (χ0v) is 46.1. The van der Waals surface area contributed by atoms with E-state index < -0.39 is 85.5 Å². The Labute approximate surface area is 448 Å². The minimum atomic E-state index is -2.09. The smallest absolute Gasteiger partial charge is 0.328 e. The molecule has 0 aliphatic carbocycles. The third-order valence-electron chi connectivity index (χ3n) is 11.3. The third kappa shape index (κ3) is 23.2. The normalized spacial score (nSPS) is 12.6. The Morgan fingerprint density at radius 1 is 0.493 bits per heavy atom. The molecule has 75 heavy (non-hydrogen) atoms. The topological polar surface area (TPSA) is 263 Å². The fraction of sp³-hybridized carbons (Fsp3) is 0.491. The van der Waals surface area contributed by atoms with Gasteiger partial charge in [-0.2, -0.15) is 0 Å². The van der Waals surface area contributed by atoms with Crippen LogP contribution in [0.4, 0.5) is 0 Å².